The highest BCUT2D eigenvalue weighted by Gasteiger charge is 1.95. The van der Waals surface area contributed by atoms with Gasteiger partial charge in [-0.05, 0) is 13.8 Å². The molecule has 0 aromatic heterocycles. The first-order valence-electron chi connectivity index (χ1n) is 4.85. The SMILES string of the molecule is CC(=O)COCCOCCOCC(C)=O. The van der Waals surface area contributed by atoms with Gasteiger partial charge in [-0.1, -0.05) is 0 Å². The third-order valence-corrected chi connectivity index (χ3v) is 1.35. The van der Waals surface area contributed by atoms with Crippen molar-refractivity contribution in [3.8, 4) is 0 Å². The van der Waals surface area contributed by atoms with Crippen molar-refractivity contribution in [2.24, 2.45) is 0 Å². The molecule has 0 spiro atoms. The lowest BCUT2D eigenvalue weighted by Crippen LogP contribution is -2.13. The molecule has 0 bridgehead atoms. The van der Waals surface area contributed by atoms with Gasteiger partial charge in [0, 0.05) is 0 Å². The first-order chi connectivity index (χ1) is 7.13. The lowest BCUT2D eigenvalue weighted by Gasteiger charge is -2.04. The highest BCUT2D eigenvalue weighted by atomic mass is 16.5. The number of Topliss-reactive ketones (excluding diaryl/α,β-unsaturated/α-hetero) is 2. The Labute approximate surface area is 89.7 Å². The van der Waals surface area contributed by atoms with Gasteiger partial charge in [-0.2, -0.15) is 0 Å². The molecular weight excluding hydrogens is 200 g/mol. The minimum absolute atomic E-state index is 0.000193. The van der Waals surface area contributed by atoms with Crippen molar-refractivity contribution >= 4 is 11.6 Å². The summed E-state index contributed by atoms with van der Waals surface area (Å²) < 4.78 is 15.1. The van der Waals surface area contributed by atoms with Gasteiger partial charge in [-0.3, -0.25) is 9.59 Å². The predicted molar refractivity (Wildman–Crippen MR) is 53.8 cm³/mol. The first-order valence-corrected chi connectivity index (χ1v) is 4.85. The van der Waals surface area contributed by atoms with E-state index in [4.69, 9.17) is 14.2 Å². The molecule has 0 amide bonds. The van der Waals surface area contributed by atoms with Crippen molar-refractivity contribution in [2.45, 2.75) is 13.8 Å². The van der Waals surface area contributed by atoms with Gasteiger partial charge < -0.3 is 14.2 Å². The summed E-state index contributed by atoms with van der Waals surface area (Å²) in [5.41, 5.74) is 0. The standard InChI is InChI=1S/C10H18O5/c1-9(11)7-14-5-3-13-4-6-15-8-10(2)12/h3-8H2,1-2H3. The molecule has 0 aliphatic carbocycles. The number of ketones is 2. The molecule has 5 nitrogen and oxygen atoms in total. The van der Waals surface area contributed by atoms with Crippen molar-refractivity contribution in [2.75, 3.05) is 39.6 Å². The lowest BCUT2D eigenvalue weighted by molar-refractivity contribution is -0.122. The van der Waals surface area contributed by atoms with Crippen LogP contribution >= 0.6 is 0 Å². The third-order valence-electron chi connectivity index (χ3n) is 1.35. The van der Waals surface area contributed by atoms with Crippen LogP contribution in [0, 0.1) is 0 Å². The molecule has 0 radical (unpaired) electrons. The Balaban J connectivity index is 2.99. The van der Waals surface area contributed by atoms with Crippen LogP contribution in [-0.2, 0) is 23.8 Å². The van der Waals surface area contributed by atoms with Gasteiger partial charge in [0.1, 0.15) is 13.2 Å². The van der Waals surface area contributed by atoms with E-state index in [9.17, 15) is 9.59 Å². The summed E-state index contributed by atoms with van der Waals surface area (Å²) in [6.45, 7) is 4.84. The summed E-state index contributed by atoms with van der Waals surface area (Å²) in [6, 6.07) is 0. The van der Waals surface area contributed by atoms with Gasteiger partial charge in [0.05, 0.1) is 26.4 Å². The van der Waals surface area contributed by atoms with E-state index < -0.39 is 0 Å². The van der Waals surface area contributed by atoms with Crippen molar-refractivity contribution in [3.63, 3.8) is 0 Å². The van der Waals surface area contributed by atoms with E-state index in [0.717, 1.165) is 0 Å². The van der Waals surface area contributed by atoms with E-state index in [1.807, 2.05) is 0 Å². The monoisotopic (exact) mass is 218 g/mol. The molecule has 0 saturated heterocycles. The van der Waals surface area contributed by atoms with Crippen molar-refractivity contribution in [3.05, 3.63) is 0 Å². The summed E-state index contributed by atoms with van der Waals surface area (Å²) >= 11 is 0. The number of hydrogen-bond donors (Lipinski definition) is 0. The fourth-order valence-electron chi connectivity index (χ4n) is 0.770. The number of carbonyl (C=O) groups excluding carboxylic acids is 2. The van der Waals surface area contributed by atoms with E-state index in [1.54, 1.807) is 0 Å². The molecule has 0 rings (SSSR count). The van der Waals surface area contributed by atoms with Gasteiger partial charge in [-0.25, -0.2) is 0 Å². The average molecular weight is 218 g/mol. The molecule has 0 aromatic rings. The third kappa shape index (κ3) is 13.2. The number of hydrogen-bond acceptors (Lipinski definition) is 5. The Kier molecular flexibility index (Phi) is 9.26. The number of rotatable bonds is 10. The lowest BCUT2D eigenvalue weighted by atomic mass is 10.5. The Morgan fingerprint density at radius 1 is 0.733 bits per heavy atom. The molecule has 0 heterocycles. The summed E-state index contributed by atoms with van der Waals surface area (Å²) in [5, 5.41) is 0. The highest BCUT2D eigenvalue weighted by Crippen LogP contribution is 1.82. The average Bonchev–Trinajstić information content (AvgIpc) is 2.14. The Hall–Kier alpha value is -0.780. The summed E-state index contributed by atoms with van der Waals surface area (Å²) in [5.74, 6) is -0.000386. The minimum atomic E-state index is -0.000193. The summed E-state index contributed by atoms with van der Waals surface area (Å²) in [7, 11) is 0. The first kappa shape index (κ1) is 14.2. The van der Waals surface area contributed by atoms with Crippen LogP contribution in [0.25, 0.3) is 0 Å². The Morgan fingerprint density at radius 3 is 1.40 bits per heavy atom. The van der Waals surface area contributed by atoms with Crippen molar-refractivity contribution < 1.29 is 23.8 Å². The molecule has 0 aliphatic rings. The Bertz CT molecular complexity index is 170. The van der Waals surface area contributed by atoms with Crippen LogP contribution in [0.2, 0.25) is 0 Å². The molecule has 15 heavy (non-hydrogen) atoms. The van der Waals surface area contributed by atoms with Gasteiger partial charge in [0.15, 0.2) is 11.6 Å². The molecule has 0 aliphatic heterocycles. The second-order valence-electron chi connectivity index (χ2n) is 3.12. The molecule has 0 fully saturated rings. The minimum Gasteiger partial charge on any atom is -0.377 e. The van der Waals surface area contributed by atoms with Crippen molar-refractivity contribution in [1.29, 1.82) is 0 Å². The molecular formula is C10H18O5. The Morgan fingerprint density at radius 2 is 1.07 bits per heavy atom. The summed E-state index contributed by atoms with van der Waals surface area (Å²) in [4.78, 5) is 20.9. The molecule has 0 saturated carbocycles. The predicted octanol–water partition coefficient (Wildman–Crippen LogP) is 0.214. The maximum atomic E-state index is 10.5. The second kappa shape index (κ2) is 9.76. The van der Waals surface area contributed by atoms with Gasteiger partial charge in [0.25, 0.3) is 0 Å². The van der Waals surface area contributed by atoms with Crippen LogP contribution in [0.3, 0.4) is 0 Å². The van der Waals surface area contributed by atoms with Crippen LogP contribution in [0.15, 0.2) is 0 Å². The molecule has 0 N–H and O–H groups in total. The highest BCUT2D eigenvalue weighted by molar-refractivity contribution is 5.76. The van der Waals surface area contributed by atoms with Crippen molar-refractivity contribution in [1.82, 2.24) is 0 Å². The maximum Gasteiger partial charge on any atom is 0.155 e. The van der Waals surface area contributed by atoms with Crippen LogP contribution in [0.1, 0.15) is 13.8 Å². The molecule has 88 valence electrons. The van der Waals surface area contributed by atoms with Gasteiger partial charge in [-0.15, -0.1) is 0 Å². The topological polar surface area (TPSA) is 61.8 Å². The number of ether oxygens (including phenoxy) is 3. The van der Waals surface area contributed by atoms with E-state index in [1.165, 1.54) is 13.8 Å². The zero-order valence-corrected chi connectivity index (χ0v) is 9.28. The largest absolute Gasteiger partial charge is 0.377 e. The zero-order chi connectivity index (χ0) is 11.5. The van der Waals surface area contributed by atoms with Crippen LogP contribution in [0.4, 0.5) is 0 Å². The zero-order valence-electron chi connectivity index (χ0n) is 9.28. The molecule has 0 unspecified atom stereocenters. The van der Waals surface area contributed by atoms with E-state index in [-0.39, 0.29) is 24.8 Å². The molecule has 5 heteroatoms. The van der Waals surface area contributed by atoms with Crippen LogP contribution in [0.5, 0.6) is 0 Å². The van der Waals surface area contributed by atoms with Gasteiger partial charge in [0.2, 0.25) is 0 Å². The van der Waals surface area contributed by atoms with E-state index >= 15 is 0 Å². The van der Waals surface area contributed by atoms with Crippen LogP contribution in [-0.4, -0.2) is 51.2 Å². The van der Waals surface area contributed by atoms with Gasteiger partial charge >= 0.3 is 0 Å². The second-order valence-corrected chi connectivity index (χ2v) is 3.12. The maximum absolute atomic E-state index is 10.5. The number of carbonyl (C=O) groups is 2. The van der Waals surface area contributed by atoms with E-state index in [0.29, 0.717) is 26.4 Å². The molecule has 0 aromatic carbocycles. The van der Waals surface area contributed by atoms with Crippen LogP contribution < -0.4 is 0 Å². The summed E-state index contributed by atoms with van der Waals surface area (Å²) in [6.07, 6.45) is 0. The fourth-order valence-corrected chi connectivity index (χ4v) is 0.770. The molecule has 0 atom stereocenters. The smallest absolute Gasteiger partial charge is 0.155 e. The normalized spacial score (nSPS) is 10.3. The van der Waals surface area contributed by atoms with E-state index in [2.05, 4.69) is 0 Å². The fraction of sp³-hybridized carbons (Fsp3) is 0.800. The quantitative estimate of drug-likeness (QED) is 0.491.